The van der Waals surface area contributed by atoms with E-state index < -0.39 is 42.8 Å². The molecule has 128 valence electrons. The predicted octanol–water partition coefficient (Wildman–Crippen LogP) is -2.38. The zero-order chi connectivity index (χ0) is 19.3. The molecule has 1 fully saturated rings. The first-order chi connectivity index (χ1) is 12.1. The molecule has 1 aliphatic rings. The lowest BCUT2D eigenvalue weighted by atomic mass is 9.91. The molecule has 0 saturated carbocycles. The standard InChI is InChI=1S/C13H15FN6O4/c14-3-1-2-13(16)8(22)6(4-21)24-11(13)20-5-17-7-9(20)18-12(15)19-10(7)23/h5-6,8,11,21-22H,3-4,16H2,(H3,15,18,19,23)/t6-,8+,11-,13?/m1/s1/i4D2. The van der Waals surface area contributed by atoms with E-state index in [1.807, 2.05) is 0 Å². The fourth-order valence-electron chi connectivity index (χ4n) is 2.56. The van der Waals surface area contributed by atoms with E-state index >= 15 is 0 Å². The summed E-state index contributed by atoms with van der Waals surface area (Å²) in [6, 6.07) is 0. The van der Waals surface area contributed by atoms with E-state index in [0.717, 1.165) is 10.9 Å². The molecule has 0 radical (unpaired) electrons. The van der Waals surface area contributed by atoms with Crippen LogP contribution in [0.2, 0.25) is 0 Å². The van der Waals surface area contributed by atoms with Crippen molar-refractivity contribution in [2.45, 2.75) is 24.0 Å². The molecule has 11 heteroatoms. The number of ether oxygens (including phenoxy) is 1. The lowest BCUT2D eigenvalue weighted by Crippen LogP contribution is -2.53. The summed E-state index contributed by atoms with van der Waals surface area (Å²) in [5.41, 5.74) is 8.75. The number of H-pyrrole nitrogens is 1. The number of anilines is 1. The lowest BCUT2D eigenvalue weighted by Gasteiger charge is -2.27. The summed E-state index contributed by atoms with van der Waals surface area (Å²) in [5, 5.41) is 20.0. The number of fused-ring (bicyclic) bond motifs is 1. The van der Waals surface area contributed by atoms with Crippen molar-refractivity contribution in [2.75, 3.05) is 19.0 Å². The maximum absolute atomic E-state index is 12.5. The normalized spacial score (nSPS) is 31.4. The summed E-state index contributed by atoms with van der Waals surface area (Å²) >= 11 is 0. The third-order valence-corrected chi connectivity index (χ3v) is 3.66. The third-order valence-electron chi connectivity index (χ3n) is 3.66. The molecular formula is C13H15FN6O4. The van der Waals surface area contributed by atoms with Gasteiger partial charge in [0.2, 0.25) is 5.95 Å². The van der Waals surface area contributed by atoms with Gasteiger partial charge in [0.1, 0.15) is 18.9 Å². The molecule has 10 nitrogen and oxygen atoms in total. The van der Waals surface area contributed by atoms with E-state index in [9.17, 15) is 19.4 Å². The molecule has 1 unspecified atom stereocenters. The van der Waals surface area contributed by atoms with Gasteiger partial charge >= 0.3 is 0 Å². The smallest absolute Gasteiger partial charge is 0.280 e. The van der Waals surface area contributed by atoms with Gasteiger partial charge in [-0.25, -0.2) is 9.37 Å². The average Bonchev–Trinajstić information content (AvgIpc) is 3.05. The molecule has 24 heavy (non-hydrogen) atoms. The van der Waals surface area contributed by atoms with E-state index in [-0.39, 0.29) is 17.1 Å². The summed E-state index contributed by atoms with van der Waals surface area (Å²) in [7, 11) is 0. The van der Waals surface area contributed by atoms with Crippen molar-refractivity contribution in [2.24, 2.45) is 5.73 Å². The van der Waals surface area contributed by atoms with Crippen LogP contribution < -0.4 is 17.0 Å². The molecule has 0 aliphatic carbocycles. The number of nitrogen functional groups attached to an aromatic ring is 1. The quantitative estimate of drug-likeness (QED) is 0.378. The van der Waals surface area contributed by atoms with Gasteiger partial charge in [-0.2, -0.15) is 4.98 Å². The number of aromatic nitrogens is 4. The molecule has 3 rings (SSSR count). The van der Waals surface area contributed by atoms with Gasteiger partial charge in [-0.15, -0.1) is 0 Å². The van der Waals surface area contributed by atoms with E-state index in [2.05, 4.69) is 26.8 Å². The number of alkyl halides is 1. The molecule has 4 atom stereocenters. The zero-order valence-corrected chi connectivity index (χ0v) is 12.1. The Morgan fingerprint density at radius 1 is 1.67 bits per heavy atom. The number of hydrogen-bond acceptors (Lipinski definition) is 8. The van der Waals surface area contributed by atoms with Crippen molar-refractivity contribution in [3.63, 3.8) is 0 Å². The second-order valence-corrected chi connectivity index (χ2v) is 5.13. The van der Waals surface area contributed by atoms with Crippen LogP contribution >= 0.6 is 0 Å². The average molecular weight is 340 g/mol. The Morgan fingerprint density at radius 3 is 3.08 bits per heavy atom. The Hall–Kier alpha value is -2.52. The van der Waals surface area contributed by atoms with Crippen molar-refractivity contribution in [1.29, 1.82) is 0 Å². The topological polar surface area (TPSA) is 165 Å². The molecule has 1 saturated heterocycles. The molecule has 1 aliphatic heterocycles. The summed E-state index contributed by atoms with van der Waals surface area (Å²) in [5.74, 6) is 4.13. The fraction of sp³-hybridized carbons (Fsp3) is 0.462. The molecule has 0 aromatic carbocycles. The largest absolute Gasteiger partial charge is 0.394 e. The second-order valence-electron chi connectivity index (χ2n) is 5.13. The van der Waals surface area contributed by atoms with E-state index in [1.54, 1.807) is 0 Å². The van der Waals surface area contributed by atoms with Gasteiger partial charge in [-0.1, -0.05) is 11.8 Å². The second kappa shape index (κ2) is 5.84. The first-order valence-electron chi connectivity index (χ1n) is 7.72. The number of imidazole rings is 1. The molecule has 2 aromatic heterocycles. The molecule has 0 bridgehead atoms. The zero-order valence-electron chi connectivity index (χ0n) is 14.1. The number of nitrogens with one attached hydrogen (secondary N) is 1. The number of nitrogens with zero attached hydrogens (tertiary/aromatic N) is 3. The van der Waals surface area contributed by atoms with E-state index in [0.29, 0.717) is 0 Å². The number of nitrogens with two attached hydrogens (primary N) is 2. The summed E-state index contributed by atoms with van der Waals surface area (Å²) in [6.45, 7) is -4.05. The molecule has 0 spiro atoms. The van der Waals surface area contributed by atoms with Crippen LogP contribution in [-0.4, -0.2) is 60.7 Å². The van der Waals surface area contributed by atoms with Crippen molar-refractivity contribution < 1.29 is 22.1 Å². The van der Waals surface area contributed by atoms with Crippen LogP contribution in [0, 0.1) is 11.8 Å². The highest BCUT2D eigenvalue weighted by molar-refractivity contribution is 5.70. The van der Waals surface area contributed by atoms with Crippen LogP contribution in [0.15, 0.2) is 11.1 Å². The Balaban J connectivity index is 2.20. The number of aliphatic hydroxyl groups is 2. The predicted molar refractivity (Wildman–Crippen MR) is 80.2 cm³/mol. The van der Waals surface area contributed by atoms with E-state index in [1.165, 1.54) is 0 Å². The number of aliphatic hydroxyl groups excluding tert-OH is 1. The van der Waals surface area contributed by atoms with Gasteiger partial charge in [0.05, 0.1) is 15.6 Å². The van der Waals surface area contributed by atoms with Gasteiger partial charge in [0.15, 0.2) is 22.9 Å². The van der Waals surface area contributed by atoms with Crippen molar-refractivity contribution in [3.05, 3.63) is 16.7 Å². The lowest BCUT2D eigenvalue weighted by molar-refractivity contribution is -0.0447. The minimum atomic E-state index is -2.98. The SMILES string of the molecule is [2H]C([2H])(O)[C@H]1O[C@@H](n2cnc3c(=O)[nH]c(N)nc32)C(N)(C#CCF)[C@H]1O. The first-order valence-corrected chi connectivity index (χ1v) is 6.72. The number of halogens is 1. The number of hydrogen-bond donors (Lipinski definition) is 5. The number of rotatable bonds is 2. The van der Waals surface area contributed by atoms with Gasteiger partial charge in [-0.3, -0.25) is 14.3 Å². The summed E-state index contributed by atoms with van der Waals surface area (Å²) in [6.07, 6.45) is -3.97. The Morgan fingerprint density at radius 2 is 2.42 bits per heavy atom. The highest BCUT2D eigenvalue weighted by atomic mass is 19.1. The Kier molecular flexibility index (Phi) is 3.38. The highest BCUT2D eigenvalue weighted by Crippen LogP contribution is 2.37. The minimum absolute atomic E-state index is 0.0699. The Bertz CT molecular complexity index is 963. The highest BCUT2D eigenvalue weighted by Gasteiger charge is 2.54. The summed E-state index contributed by atoms with van der Waals surface area (Å²) < 4.78 is 33.8. The van der Waals surface area contributed by atoms with Crippen LogP contribution in [0.1, 0.15) is 8.97 Å². The molecule has 2 aromatic rings. The van der Waals surface area contributed by atoms with Gasteiger partial charge in [-0.05, 0) is 0 Å². The first kappa shape index (κ1) is 13.9. The fourth-order valence-corrected chi connectivity index (χ4v) is 2.56. The molecule has 7 N–H and O–H groups in total. The van der Waals surface area contributed by atoms with Crippen molar-refractivity contribution >= 4 is 17.1 Å². The monoisotopic (exact) mass is 340 g/mol. The van der Waals surface area contributed by atoms with E-state index in [4.69, 9.17) is 18.9 Å². The molecule has 0 amide bonds. The van der Waals surface area contributed by atoms with Crippen LogP contribution in [0.4, 0.5) is 10.3 Å². The Labute approximate surface area is 137 Å². The van der Waals surface area contributed by atoms with Crippen LogP contribution in [0.5, 0.6) is 0 Å². The van der Waals surface area contributed by atoms with Crippen molar-refractivity contribution in [1.82, 2.24) is 19.5 Å². The van der Waals surface area contributed by atoms with Gasteiger partial charge in [0.25, 0.3) is 5.56 Å². The van der Waals surface area contributed by atoms with Crippen molar-refractivity contribution in [3.8, 4) is 11.8 Å². The minimum Gasteiger partial charge on any atom is -0.394 e. The van der Waals surface area contributed by atoms with Crippen LogP contribution in [0.25, 0.3) is 11.2 Å². The third kappa shape index (κ3) is 2.33. The van der Waals surface area contributed by atoms with Crippen LogP contribution in [-0.2, 0) is 4.74 Å². The van der Waals surface area contributed by atoms with Gasteiger partial charge < -0.3 is 26.4 Å². The molecule has 3 heterocycles. The maximum Gasteiger partial charge on any atom is 0.280 e. The maximum atomic E-state index is 12.5. The van der Waals surface area contributed by atoms with Crippen LogP contribution in [0.3, 0.4) is 0 Å². The molecular weight excluding hydrogens is 323 g/mol. The number of aromatic amines is 1. The van der Waals surface area contributed by atoms with Gasteiger partial charge in [0, 0.05) is 0 Å². The summed E-state index contributed by atoms with van der Waals surface area (Å²) in [4.78, 5) is 21.9.